The highest BCUT2D eigenvalue weighted by atomic mass is 33.1. The van der Waals surface area contributed by atoms with Gasteiger partial charge in [-0.05, 0) is 68.0 Å². The molecule has 270 valence electrons. The topological polar surface area (TPSA) is 75.0 Å². The van der Waals surface area contributed by atoms with Crippen molar-refractivity contribution in [3.05, 3.63) is 89.5 Å². The molecule has 0 bridgehead atoms. The number of fused-ring (bicyclic) bond motifs is 3. The van der Waals surface area contributed by atoms with E-state index in [1.165, 1.54) is 22.3 Å². The minimum atomic E-state index is -1.10. The Morgan fingerprint density at radius 1 is 1.00 bits per heavy atom. The lowest BCUT2D eigenvalue weighted by molar-refractivity contribution is 0.0112. The molecule has 1 aliphatic heterocycles. The van der Waals surface area contributed by atoms with E-state index < -0.39 is 26.5 Å². The Morgan fingerprint density at radius 2 is 1.61 bits per heavy atom. The van der Waals surface area contributed by atoms with Gasteiger partial charge in [-0.15, -0.1) is 0 Å². The van der Waals surface area contributed by atoms with E-state index in [9.17, 15) is 10.1 Å². The maximum atomic E-state index is 14.3. The zero-order valence-corrected chi connectivity index (χ0v) is 33.5. The fourth-order valence-electron chi connectivity index (χ4n) is 6.85. The average Bonchev–Trinajstić information content (AvgIpc) is 3.60. The summed E-state index contributed by atoms with van der Waals surface area (Å²) in [5, 5.41) is 9.47. The van der Waals surface area contributed by atoms with Gasteiger partial charge in [0.1, 0.15) is 28.9 Å². The number of benzene rings is 3. The number of carbonyl (C=O) groups is 1. The van der Waals surface area contributed by atoms with Crippen molar-refractivity contribution in [1.82, 2.24) is 9.57 Å². The van der Waals surface area contributed by atoms with E-state index >= 15 is 0 Å². The largest absolute Gasteiger partial charge is 0.448 e. The summed E-state index contributed by atoms with van der Waals surface area (Å²) >= 11 is 0. The average molecular weight is 744 g/mol. The highest BCUT2D eigenvalue weighted by molar-refractivity contribution is 8.77. The van der Waals surface area contributed by atoms with Crippen LogP contribution in [0.1, 0.15) is 83.9 Å². The van der Waals surface area contributed by atoms with Crippen molar-refractivity contribution >= 4 is 43.8 Å². The van der Waals surface area contributed by atoms with E-state index in [2.05, 4.69) is 108 Å². The van der Waals surface area contributed by atoms with Gasteiger partial charge in [-0.25, -0.2) is 4.79 Å². The molecule has 0 aromatic heterocycles. The van der Waals surface area contributed by atoms with Crippen LogP contribution in [0.15, 0.2) is 77.7 Å². The molecule has 2 aliphatic rings. The second-order valence-corrected chi connectivity index (χ2v) is 19.5. The molecule has 0 spiro atoms. The first-order valence-electron chi connectivity index (χ1n) is 17.9. The number of hydrogen-bond donors (Lipinski definition) is 0. The first kappa shape index (κ1) is 39.7. The van der Waals surface area contributed by atoms with Crippen LogP contribution in [-0.4, -0.2) is 77.9 Å². The summed E-state index contributed by atoms with van der Waals surface area (Å²) in [6.07, 6.45) is 0.340. The van der Waals surface area contributed by atoms with Crippen molar-refractivity contribution in [2.75, 3.05) is 19.3 Å². The molecule has 1 saturated heterocycles. The molecule has 1 aliphatic carbocycles. The van der Waals surface area contributed by atoms with E-state index in [-0.39, 0.29) is 42.0 Å². The minimum Gasteiger partial charge on any atom is -0.448 e. The molecule has 7 nitrogen and oxygen atoms in total. The van der Waals surface area contributed by atoms with Crippen LogP contribution in [0.3, 0.4) is 0 Å². The summed E-state index contributed by atoms with van der Waals surface area (Å²) in [7, 11) is 8.85. The van der Waals surface area contributed by atoms with E-state index in [0.717, 1.165) is 10.5 Å². The Bertz CT molecular complexity index is 1610. The van der Waals surface area contributed by atoms with Gasteiger partial charge in [0.15, 0.2) is 0 Å². The summed E-state index contributed by atoms with van der Waals surface area (Å²) in [6, 6.07) is 27.2. The number of nitriles is 1. The van der Waals surface area contributed by atoms with E-state index in [1.54, 1.807) is 26.5 Å². The molecule has 51 heavy (non-hydrogen) atoms. The number of carbonyl (C=O) groups excluding carboxylic acids is 1. The van der Waals surface area contributed by atoms with Crippen molar-refractivity contribution in [3.63, 3.8) is 0 Å². The smallest absolute Gasteiger partial charge is 0.410 e. The zero-order chi connectivity index (χ0) is 36.7. The molecule has 4 unspecified atom stereocenters. The summed E-state index contributed by atoms with van der Waals surface area (Å²) in [5.74, 6) is -0.0526. The minimum absolute atomic E-state index is 0.0526. The summed E-state index contributed by atoms with van der Waals surface area (Å²) in [4.78, 5) is 17.2. The fraction of sp³-hybridized carbons (Fsp3) is 0.500. The molecule has 4 atom stereocenters. The van der Waals surface area contributed by atoms with Crippen LogP contribution in [0, 0.1) is 11.3 Å². The molecule has 5 rings (SSSR count). The Hall–Kier alpha value is -2.51. The standard InChI is InChI=1S/C40H51BN3O4PS2/c1-27(2)44(28(3)4)49(22-14-21-42)48-35-23-38(41)47-36(35)25-43(24-29-15-8-13-20-37(29)50-51-40(5,6)7)39(45)46-26-34-32-18-11-9-16-30(32)31-17-10-12-19-33(31)34/h8-13,15-20,27-28,34-36,38H,14,22-26H2,1-7H3. The SMILES string of the molecule is [B]C1CC(OP(CCC#N)N(C(C)C)C(C)C)C(CN(Cc2ccccc2SSC(C)(C)C)C(=O)OCC2c3ccccc3-c3ccccc32)O1. The predicted octanol–water partition coefficient (Wildman–Crippen LogP) is 9.99. The molecular weight excluding hydrogens is 692 g/mol. The zero-order valence-electron chi connectivity index (χ0n) is 31.0. The van der Waals surface area contributed by atoms with Gasteiger partial charge in [0.2, 0.25) is 0 Å². The van der Waals surface area contributed by atoms with Gasteiger partial charge in [0.05, 0.1) is 25.3 Å². The molecule has 3 aromatic carbocycles. The number of rotatable bonds is 15. The third-order valence-corrected chi connectivity index (χ3v) is 14.9. The van der Waals surface area contributed by atoms with Crippen LogP contribution in [0.5, 0.6) is 0 Å². The lowest BCUT2D eigenvalue weighted by atomic mass is 9.96. The second-order valence-electron chi connectivity index (χ2n) is 14.7. The van der Waals surface area contributed by atoms with Crippen LogP contribution >= 0.6 is 29.9 Å². The van der Waals surface area contributed by atoms with Gasteiger partial charge in [-0.3, -0.25) is 4.67 Å². The lowest BCUT2D eigenvalue weighted by Crippen LogP contribution is -2.42. The summed E-state index contributed by atoms with van der Waals surface area (Å²) in [6.45, 7) is 16.0. The Labute approximate surface area is 315 Å². The van der Waals surface area contributed by atoms with E-state index in [4.69, 9.17) is 21.8 Å². The Morgan fingerprint density at radius 3 is 2.22 bits per heavy atom. The molecular formula is C40H51BN3O4PS2. The van der Waals surface area contributed by atoms with Crippen LogP contribution in [0.4, 0.5) is 4.79 Å². The molecule has 0 saturated carbocycles. The van der Waals surface area contributed by atoms with Crippen LogP contribution in [0.25, 0.3) is 11.1 Å². The highest BCUT2D eigenvalue weighted by Gasteiger charge is 2.40. The number of amides is 1. The van der Waals surface area contributed by atoms with Gasteiger partial charge in [-0.2, -0.15) is 5.26 Å². The Kier molecular flexibility index (Phi) is 14.0. The second kappa shape index (κ2) is 18.0. The van der Waals surface area contributed by atoms with Crippen molar-refractivity contribution in [2.24, 2.45) is 0 Å². The molecule has 1 fully saturated rings. The number of nitrogens with zero attached hydrogens (tertiary/aromatic N) is 3. The summed E-state index contributed by atoms with van der Waals surface area (Å²) < 4.78 is 21.9. The van der Waals surface area contributed by atoms with Gasteiger partial charge < -0.3 is 18.9 Å². The maximum absolute atomic E-state index is 14.3. The van der Waals surface area contributed by atoms with Crippen LogP contribution < -0.4 is 0 Å². The van der Waals surface area contributed by atoms with Gasteiger partial charge in [-0.1, -0.05) is 109 Å². The van der Waals surface area contributed by atoms with Crippen molar-refractivity contribution < 1.29 is 18.8 Å². The van der Waals surface area contributed by atoms with Crippen molar-refractivity contribution in [2.45, 2.75) is 114 Å². The van der Waals surface area contributed by atoms with Crippen LogP contribution in [-0.2, 0) is 20.5 Å². The first-order chi connectivity index (χ1) is 24.4. The Balaban J connectivity index is 1.40. The molecule has 1 amide bonds. The van der Waals surface area contributed by atoms with Gasteiger partial charge in [0, 0.05) is 46.2 Å². The number of hydrogen-bond acceptors (Lipinski definition) is 8. The molecule has 11 heteroatoms. The van der Waals surface area contributed by atoms with Gasteiger partial charge >= 0.3 is 6.09 Å². The molecule has 1 heterocycles. The van der Waals surface area contributed by atoms with E-state index in [1.807, 2.05) is 24.3 Å². The fourth-order valence-corrected chi connectivity index (χ4v) is 11.4. The molecule has 0 N–H and O–H groups in total. The lowest BCUT2D eigenvalue weighted by Gasteiger charge is -2.39. The summed E-state index contributed by atoms with van der Waals surface area (Å²) in [5.41, 5.74) is 5.75. The normalized spacial score (nSPS) is 19.3. The highest BCUT2D eigenvalue weighted by Crippen LogP contribution is 2.49. The molecule has 2 radical (unpaired) electrons. The maximum Gasteiger partial charge on any atom is 0.410 e. The van der Waals surface area contributed by atoms with Gasteiger partial charge in [0.25, 0.3) is 0 Å². The third-order valence-electron chi connectivity index (χ3n) is 8.93. The van der Waals surface area contributed by atoms with Crippen molar-refractivity contribution in [1.29, 1.82) is 5.26 Å². The van der Waals surface area contributed by atoms with Crippen LogP contribution in [0.2, 0.25) is 0 Å². The number of ether oxygens (including phenoxy) is 2. The monoisotopic (exact) mass is 743 g/mol. The first-order valence-corrected chi connectivity index (χ1v) is 21.4. The quantitative estimate of drug-likeness (QED) is 0.0866. The predicted molar refractivity (Wildman–Crippen MR) is 213 cm³/mol. The van der Waals surface area contributed by atoms with E-state index in [0.29, 0.717) is 25.5 Å². The molecule has 3 aromatic rings. The third kappa shape index (κ3) is 10.3. The van der Waals surface area contributed by atoms with Crippen molar-refractivity contribution in [3.8, 4) is 17.2 Å².